The molecule has 168 valence electrons. The smallest absolute Gasteiger partial charge is 0.117 e. The van der Waals surface area contributed by atoms with Crippen LogP contribution in [0.2, 0.25) is 0 Å². The van der Waals surface area contributed by atoms with Gasteiger partial charge in [0, 0.05) is 21.0 Å². The molecular weight excluding hydrogens is 454 g/mol. The summed E-state index contributed by atoms with van der Waals surface area (Å²) >= 11 is 3.53. The first-order chi connectivity index (χ1) is 16.4. The summed E-state index contributed by atoms with van der Waals surface area (Å²) in [5.74, 6) is 0. The van der Waals surface area contributed by atoms with Crippen LogP contribution in [0.4, 0.5) is 0 Å². The first kappa shape index (κ1) is 21.4. The molecule has 0 aliphatic heterocycles. The van der Waals surface area contributed by atoms with Crippen LogP contribution in [0.3, 0.4) is 0 Å². The maximum atomic E-state index is 5.08. The van der Waals surface area contributed by atoms with Crippen LogP contribution in [0.15, 0.2) is 84.5 Å². The zero-order valence-corrected chi connectivity index (χ0v) is 21.1. The van der Waals surface area contributed by atoms with Crippen molar-refractivity contribution in [3.05, 3.63) is 95.8 Å². The minimum Gasteiger partial charge on any atom is -0.253 e. The Labute approximate surface area is 207 Å². The molecule has 1 aliphatic carbocycles. The number of rotatable bonds is 3. The van der Waals surface area contributed by atoms with Gasteiger partial charge in [0.05, 0.1) is 22.3 Å². The summed E-state index contributed by atoms with van der Waals surface area (Å²) in [6.07, 6.45) is 11.6. The normalized spacial score (nSPS) is 18.5. The van der Waals surface area contributed by atoms with E-state index in [-0.39, 0.29) is 10.8 Å². The maximum Gasteiger partial charge on any atom is 0.117 e. The highest BCUT2D eigenvalue weighted by Crippen LogP contribution is 2.48. The summed E-state index contributed by atoms with van der Waals surface area (Å²) in [7, 11) is 0. The van der Waals surface area contributed by atoms with Gasteiger partial charge in [0.15, 0.2) is 0 Å². The highest BCUT2D eigenvalue weighted by Gasteiger charge is 2.41. The van der Waals surface area contributed by atoms with Gasteiger partial charge in [-0.3, -0.25) is 9.97 Å². The van der Waals surface area contributed by atoms with E-state index in [4.69, 9.17) is 15.0 Å². The zero-order chi connectivity index (χ0) is 23.3. The molecule has 5 aromatic rings. The maximum absolute atomic E-state index is 5.08. The van der Waals surface area contributed by atoms with Gasteiger partial charge in [-0.15, -0.1) is 22.7 Å². The van der Waals surface area contributed by atoms with E-state index in [1.54, 1.807) is 22.7 Å². The fourth-order valence-electron chi connectivity index (χ4n) is 4.91. The predicted octanol–water partition coefficient (Wildman–Crippen LogP) is 8.30. The molecule has 0 spiro atoms. The fraction of sp³-hybridized carbons (Fsp3) is 0.207. The molecular formula is C29H25N3S2. The van der Waals surface area contributed by atoms with E-state index in [2.05, 4.69) is 86.8 Å². The van der Waals surface area contributed by atoms with Gasteiger partial charge in [0.2, 0.25) is 0 Å². The largest absolute Gasteiger partial charge is 0.253 e. The second-order valence-electron chi connectivity index (χ2n) is 9.83. The number of aromatic nitrogens is 3. The van der Waals surface area contributed by atoms with Crippen LogP contribution >= 0.6 is 22.7 Å². The van der Waals surface area contributed by atoms with Crippen molar-refractivity contribution in [3.63, 3.8) is 0 Å². The Morgan fingerprint density at radius 2 is 1.82 bits per heavy atom. The number of hydrogen-bond donors (Lipinski definition) is 0. The number of thiophene rings is 2. The monoisotopic (exact) mass is 479 g/mol. The molecule has 5 heteroatoms. The first-order valence-electron chi connectivity index (χ1n) is 11.5. The van der Waals surface area contributed by atoms with Crippen molar-refractivity contribution < 1.29 is 0 Å². The predicted molar refractivity (Wildman–Crippen MR) is 145 cm³/mol. The Morgan fingerprint density at radius 3 is 2.56 bits per heavy atom. The summed E-state index contributed by atoms with van der Waals surface area (Å²) in [6, 6.07) is 17.2. The lowest BCUT2D eigenvalue weighted by Crippen LogP contribution is -2.39. The number of nitrogens with zero attached hydrogens (tertiary/aromatic N) is 3. The third kappa shape index (κ3) is 3.42. The highest BCUT2D eigenvalue weighted by molar-refractivity contribution is 7.28. The average Bonchev–Trinajstić information content (AvgIpc) is 3.46. The van der Waals surface area contributed by atoms with Gasteiger partial charge in [-0.1, -0.05) is 69.3 Å². The molecule has 4 heterocycles. The molecule has 0 radical (unpaired) electrons. The van der Waals surface area contributed by atoms with E-state index in [0.717, 1.165) is 39.3 Å². The minimum absolute atomic E-state index is 0.0581. The van der Waals surface area contributed by atoms with Gasteiger partial charge >= 0.3 is 0 Å². The molecule has 4 aromatic heterocycles. The third-order valence-electron chi connectivity index (χ3n) is 6.95. The van der Waals surface area contributed by atoms with E-state index in [1.165, 1.54) is 15.0 Å². The molecule has 0 saturated heterocycles. The van der Waals surface area contributed by atoms with E-state index >= 15 is 0 Å². The van der Waals surface area contributed by atoms with Crippen molar-refractivity contribution in [2.24, 2.45) is 5.41 Å². The SMILES string of the molecule is CC(C)(C)C1(c2ccccc2)C=CC(c2cnc3ccnc(-c4cc5sccc5s4)c3n2)=CC1. The lowest BCUT2D eigenvalue weighted by molar-refractivity contribution is 0.237. The van der Waals surface area contributed by atoms with Crippen molar-refractivity contribution >= 4 is 48.7 Å². The minimum atomic E-state index is -0.0581. The fourth-order valence-corrected chi connectivity index (χ4v) is 7.01. The molecule has 1 atom stereocenters. The van der Waals surface area contributed by atoms with Gasteiger partial charge in [0.25, 0.3) is 0 Å². The summed E-state index contributed by atoms with van der Waals surface area (Å²) in [4.78, 5) is 15.7. The van der Waals surface area contributed by atoms with Gasteiger partial charge in [0.1, 0.15) is 11.2 Å². The lowest BCUT2D eigenvalue weighted by atomic mass is 9.59. The van der Waals surface area contributed by atoms with Gasteiger partial charge in [-0.25, -0.2) is 4.98 Å². The van der Waals surface area contributed by atoms with Crippen molar-refractivity contribution in [3.8, 4) is 10.6 Å². The van der Waals surface area contributed by atoms with Gasteiger partial charge in [-0.05, 0) is 46.6 Å². The number of hydrogen-bond acceptors (Lipinski definition) is 5. The molecule has 0 N–H and O–H groups in total. The lowest BCUT2D eigenvalue weighted by Gasteiger charge is -2.44. The second-order valence-corrected chi connectivity index (χ2v) is 11.9. The molecule has 0 amide bonds. The highest BCUT2D eigenvalue weighted by atomic mass is 32.1. The first-order valence-corrected chi connectivity index (χ1v) is 13.2. The van der Waals surface area contributed by atoms with Crippen molar-refractivity contribution in [1.82, 2.24) is 15.0 Å². The summed E-state index contributed by atoms with van der Waals surface area (Å²) in [5.41, 5.74) is 6.02. The van der Waals surface area contributed by atoms with Crippen LogP contribution < -0.4 is 0 Å². The van der Waals surface area contributed by atoms with Crippen LogP contribution in [0.5, 0.6) is 0 Å². The van der Waals surface area contributed by atoms with Crippen LogP contribution in [-0.4, -0.2) is 15.0 Å². The molecule has 1 aromatic carbocycles. The Kier molecular flexibility index (Phi) is 5.01. The van der Waals surface area contributed by atoms with Crippen LogP contribution in [0, 0.1) is 5.41 Å². The van der Waals surface area contributed by atoms with E-state index in [9.17, 15) is 0 Å². The molecule has 6 rings (SSSR count). The molecule has 0 saturated carbocycles. The second kappa shape index (κ2) is 7.97. The Morgan fingerprint density at radius 1 is 0.971 bits per heavy atom. The third-order valence-corrected chi connectivity index (χ3v) is 9.05. The topological polar surface area (TPSA) is 38.7 Å². The Balaban J connectivity index is 1.41. The Bertz CT molecular complexity index is 1540. The van der Waals surface area contributed by atoms with Crippen molar-refractivity contribution in [1.29, 1.82) is 0 Å². The Hall–Kier alpha value is -3.15. The molecule has 1 unspecified atom stereocenters. The summed E-state index contributed by atoms with van der Waals surface area (Å²) < 4.78 is 2.58. The standard InChI is InChI=1S/C29H25N3S2/c1-28(2,3)29(20-7-5-4-6-8-20)13-9-19(10-14-29)22-18-31-21-11-15-30-27(26(21)32-22)25-17-24-23(34-25)12-16-33-24/h4-13,15-18H,14H2,1-3H3. The van der Waals surface area contributed by atoms with Crippen LogP contribution in [0.1, 0.15) is 38.4 Å². The van der Waals surface area contributed by atoms with Gasteiger partial charge in [-0.2, -0.15) is 0 Å². The summed E-state index contributed by atoms with van der Waals surface area (Å²) in [6.45, 7) is 6.97. The molecule has 34 heavy (non-hydrogen) atoms. The van der Waals surface area contributed by atoms with E-state index in [1.807, 2.05) is 18.5 Å². The number of benzene rings is 1. The number of pyridine rings is 1. The van der Waals surface area contributed by atoms with Crippen molar-refractivity contribution in [2.75, 3.05) is 0 Å². The summed E-state index contributed by atoms with van der Waals surface area (Å²) in [5, 5.41) is 2.13. The van der Waals surface area contributed by atoms with Crippen molar-refractivity contribution in [2.45, 2.75) is 32.6 Å². The van der Waals surface area contributed by atoms with E-state index in [0.29, 0.717) is 0 Å². The average molecular weight is 480 g/mol. The number of fused-ring (bicyclic) bond motifs is 2. The number of allylic oxidation sites excluding steroid dienone is 4. The van der Waals surface area contributed by atoms with Gasteiger partial charge < -0.3 is 0 Å². The van der Waals surface area contributed by atoms with E-state index < -0.39 is 0 Å². The van der Waals surface area contributed by atoms with Crippen LogP contribution in [-0.2, 0) is 5.41 Å². The quantitative estimate of drug-likeness (QED) is 0.261. The zero-order valence-electron chi connectivity index (χ0n) is 19.4. The molecule has 0 fully saturated rings. The molecule has 0 bridgehead atoms. The molecule has 3 nitrogen and oxygen atoms in total. The van der Waals surface area contributed by atoms with Crippen LogP contribution in [0.25, 0.3) is 36.6 Å². The molecule has 1 aliphatic rings.